The average Bonchev–Trinajstić information content (AvgIpc) is 2.80. The zero-order valence-corrected chi connectivity index (χ0v) is 12.4. The Bertz CT molecular complexity index is 552. The first kappa shape index (κ1) is 14.4. The van der Waals surface area contributed by atoms with Crippen molar-refractivity contribution in [2.45, 2.75) is 20.4 Å². The normalized spacial score (nSPS) is 11.2. The van der Waals surface area contributed by atoms with Crippen molar-refractivity contribution in [1.82, 2.24) is 10.3 Å². The van der Waals surface area contributed by atoms with Gasteiger partial charge in [0, 0.05) is 12.1 Å². The second-order valence-corrected chi connectivity index (χ2v) is 5.54. The molecule has 1 N–H and O–H groups in total. The molecule has 1 aromatic heterocycles. The fraction of sp³-hybridized carbons (Fsp3) is 0.357. The number of oxazole rings is 1. The lowest BCUT2D eigenvalue weighted by Gasteiger charge is -2.08. The van der Waals surface area contributed by atoms with Crippen LogP contribution >= 0.6 is 23.2 Å². The molecule has 1 aromatic carbocycles. The Kier molecular flexibility index (Phi) is 4.86. The molecule has 0 amide bonds. The van der Waals surface area contributed by atoms with Crippen LogP contribution in [0.1, 0.15) is 19.5 Å². The highest BCUT2D eigenvalue weighted by molar-refractivity contribution is 6.43. The number of rotatable bonds is 5. The average molecular weight is 299 g/mol. The fourth-order valence-electron chi connectivity index (χ4n) is 1.77. The first-order valence-electron chi connectivity index (χ1n) is 6.17. The van der Waals surface area contributed by atoms with E-state index in [1.807, 2.05) is 12.1 Å². The molecular formula is C14H16Cl2N2O. The van der Waals surface area contributed by atoms with Crippen LogP contribution in [0.2, 0.25) is 10.0 Å². The van der Waals surface area contributed by atoms with Crippen LogP contribution in [0, 0.1) is 5.92 Å². The van der Waals surface area contributed by atoms with Gasteiger partial charge in [-0.05, 0) is 24.6 Å². The molecule has 0 saturated heterocycles. The Labute approximate surface area is 122 Å². The monoisotopic (exact) mass is 298 g/mol. The zero-order chi connectivity index (χ0) is 13.8. The number of hydrogen-bond acceptors (Lipinski definition) is 3. The van der Waals surface area contributed by atoms with E-state index in [0.717, 1.165) is 17.8 Å². The van der Waals surface area contributed by atoms with Gasteiger partial charge in [-0.25, -0.2) is 4.98 Å². The number of hydrogen-bond donors (Lipinski definition) is 1. The van der Waals surface area contributed by atoms with Crippen LogP contribution in [0.5, 0.6) is 0 Å². The van der Waals surface area contributed by atoms with E-state index in [-0.39, 0.29) is 0 Å². The Morgan fingerprint density at radius 1 is 1.32 bits per heavy atom. The summed E-state index contributed by atoms with van der Waals surface area (Å²) in [6.45, 7) is 5.89. The molecule has 5 heteroatoms. The maximum Gasteiger partial charge on any atom is 0.181 e. The summed E-state index contributed by atoms with van der Waals surface area (Å²) < 4.78 is 5.45. The van der Waals surface area contributed by atoms with Crippen LogP contribution in [0.25, 0.3) is 11.3 Å². The summed E-state index contributed by atoms with van der Waals surface area (Å²) in [5.41, 5.74) is 1.61. The van der Waals surface area contributed by atoms with Crippen molar-refractivity contribution in [3.63, 3.8) is 0 Å². The fourth-order valence-corrected chi connectivity index (χ4v) is 2.16. The molecule has 0 unspecified atom stereocenters. The van der Waals surface area contributed by atoms with Crippen LogP contribution in [0.3, 0.4) is 0 Å². The molecule has 0 spiro atoms. The third kappa shape index (κ3) is 3.50. The summed E-state index contributed by atoms with van der Waals surface area (Å²) in [6, 6.07) is 5.47. The van der Waals surface area contributed by atoms with Gasteiger partial charge in [0.1, 0.15) is 5.69 Å². The van der Waals surface area contributed by atoms with E-state index in [2.05, 4.69) is 24.1 Å². The lowest BCUT2D eigenvalue weighted by atomic mass is 10.1. The maximum atomic E-state index is 6.20. The second kappa shape index (κ2) is 6.42. The first-order chi connectivity index (χ1) is 9.09. The standard InChI is InChI=1S/C14H16Cl2N2O/c1-9(2)6-17-7-12-14(19-8-18-12)10-4-3-5-11(15)13(10)16/h3-5,8-9,17H,6-7H2,1-2H3. The summed E-state index contributed by atoms with van der Waals surface area (Å²) in [4.78, 5) is 4.23. The number of nitrogens with zero attached hydrogens (tertiary/aromatic N) is 1. The highest BCUT2D eigenvalue weighted by atomic mass is 35.5. The van der Waals surface area contributed by atoms with Crippen molar-refractivity contribution in [1.29, 1.82) is 0 Å². The van der Waals surface area contributed by atoms with Crippen molar-refractivity contribution in [3.05, 3.63) is 40.3 Å². The van der Waals surface area contributed by atoms with Crippen molar-refractivity contribution in [3.8, 4) is 11.3 Å². The molecule has 0 bridgehead atoms. The molecule has 0 aliphatic carbocycles. The third-order valence-corrected chi connectivity index (χ3v) is 3.50. The molecule has 0 aliphatic rings. The summed E-state index contributed by atoms with van der Waals surface area (Å²) in [5.74, 6) is 1.26. The topological polar surface area (TPSA) is 38.1 Å². The Hall–Kier alpha value is -1.03. The summed E-state index contributed by atoms with van der Waals surface area (Å²) in [7, 11) is 0. The lowest BCUT2D eigenvalue weighted by Crippen LogP contribution is -2.19. The third-order valence-electron chi connectivity index (χ3n) is 2.68. The molecule has 3 nitrogen and oxygen atoms in total. The quantitative estimate of drug-likeness (QED) is 0.889. The second-order valence-electron chi connectivity index (χ2n) is 4.75. The molecule has 0 saturated carbocycles. The van der Waals surface area contributed by atoms with Gasteiger partial charge < -0.3 is 9.73 Å². The van der Waals surface area contributed by atoms with Crippen LogP contribution in [0.15, 0.2) is 29.0 Å². The van der Waals surface area contributed by atoms with Gasteiger partial charge in [-0.2, -0.15) is 0 Å². The number of halogens is 2. The largest absolute Gasteiger partial charge is 0.443 e. The van der Waals surface area contributed by atoms with Gasteiger partial charge in [-0.1, -0.05) is 43.1 Å². The lowest BCUT2D eigenvalue weighted by molar-refractivity contribution is 0.545. The van der Waals surface area contributed by atoms with E-state index in [1.165, 1.54) is 6.39 Å². The molecule has 1 heterocycles. The molecular weight excluding hydrogens is 283 g/mol. The van der Waals surface area contributed by atoms with Crippen LogP contribution in [-0.2, 0) is 6.54 Å². The number of aromatic nitrogens is 1. The van der Waals surface area contributed by atoms with E-state index in [9.17, 15) is 0 Å². The molecule has 0 fully saturated rings. The van der Waals surface area contributed by atoms with Crippen molar-refractivity contribution >= 4 is 23.2 Å². The van der Waals surface area contributed by atoms with E-state index in [0.29, 0.717) is 28.3 Å². The Morgan fingerprint density at radius 3 is 2.84 bits per heavy atom. The first-order valence-corrected chi connectivity index (χ1v) is 6.92. The van der Waals surface area contributed by atoms with E-state index in [4.69, 9.17) is 27.6 Å². The predicted octanol–water partition coefficient (Wildman–Crippen LogP) is 4.39. The Morgan fingerprint density at radius 2 is 2.11 bits per heavy atom. The highest BCUT2D eigenvalue weighted by Crippen LogP contribution is 2.34. The van der Waals surface area contributed by atoms with Crippen molar-refractivity contribution < 1.29 is 4.42 Å². The van der Waals surface area contributed by atoms with Gasteiger partial charge in [0.2, 0.25) is 0 Å². The minimum atomic E-state index is 0.492. The van der Waals surface area contributed by atoms with E-state index < -0.39 is 0 Å². The minimum absolute atomic E-state index is 0.492. The summed E-state index contributed by atoms with van der Waals surface area (Å²) >= 11 is 12.2. The van der Waals surface area contributed by atoms with Gasteiger partial charge in [0.25, 0.3) is 0 Å². The highest BCUT2D eigenvalue weighted by Gasteiger charge is 2.15. The molecule has 2 rings (SSSR count). The number of nitrogens with one attached hydrogen (secondary N) is 1. The molecule has 0 aliphatic heterocycles. The van der Waals surface area contributed by atoms with Gasteiger partial charge in [0.15, 0.2) is 12.2 Å². The zero-order valence-electron chi connectivity index (χ0n) is 10.9. The SMILES string of the molecule is CC(C)CNCc1ncoc1-c1cccc(Cl)c1Cl. The summed E-state index contributed by atoms with van der Waals surface area (Å²) in [6.07, 6.45) is 1.43. The van der Waals surface area contributed by atoms with Gasteiger partial charge >= 0.3 is 0 Å². The smallest absolute Gasteiger partial charge is 0.181 e. The molecule has 2 aromatic rings. The van der Waals surface area contributed by atoms with E-state index >= 15 is 0 Å². The van der Waals surface area contributed by atoms with Crippen molar-refractivity contribution in [2.24, 2.45) is 5.92 Å². The predicted molar refractivity (Wildman–Crippen MR) is 78.5 cm³/mol. The molecule has 0 atom stereocenters. The van der Waals surface area contributed by atoms with Gasteiger partial charge in [-0.15, -0.1) is 0 Å². The van der Waals surface area contributed by atoms with Gasteiger partial charge in [-0.3, -0.25) is 0 Å². The maximum absolute atomic E-state index is 6.20. The van der Waals surface area contributed by atoms with Crippen molar-refractivity contribution in [2.75, 3.05) is 6.54 Å². The van der Waals surface area contributed by atoms with Gasteiger partial charge in [0.05, 0.1) is 10.0 Å². The van der Waals surface area contributed by atoms with Crippen LogP contribution in [-0.4, -0.2) is 11.5 Å². The number of benzene rings is 1. The molecule has 19 heavy (non-hydrogen) atoms. The van der Waals surface area contributed by atoms with Crippen LogP contribution < -0.4 is 5.32 Å². The summed E-state index contributed by atoms with van der Waals surface area (Å²) in [5, 5.41) is 4.34. The molecule has 102 valence electrons. The molecule has 0 radical (unpaired) electrons. The Balaban J connectivity index is 2.21. The van der Waals surface area contributed by atoms with E-state index in [1.54, 1.807) is 6.07 Å². The minimum Gasteiger partial charge on any atom is -0.443 e. The van der Waals surface area contributed by atoms with Crippen LogP contribution in [0.4, 0.5) is 0 Å².